The molecule has 0 unspecified atom stereocenters. The van der Waals surface area contributed by atoms with E-state index >= 15 is 0 Å². The van der Waals surface area contributed by atoms with Crippen LogP contribution in [0.1, 0.15) is 22.8 Å². The molecule has 0 saturated carbocycles. The molecule has 0 aliphatic rings. The molecule has 0 amide bonds. The molecule has 0 saturated heterocycles. The van der Waals surface area contributed by atoms with E-state index in [1.165, 1.54) is 0 Å². The van der Waals surface area contributed by atoms with Crippen LogP contribution in [0.25, 0.3) is 0 Å². The minimum Gasteiger partial charge on any atom is -0.464 e. The van der Waals surface area contributed by atoms with Gasteiger partial charge in [0.1, 0.15) is 11.5 Å². The Bertz CT molecular complexity index is 513. The Hall–Kier alpha value is -1.34. The Labute approximate surface area is 114 Å². The number of halogens is 2. The molecule has 0 radical (unpaired) electrons. The van der Waals surface area contributed by atoms with E-state index in [-0.39, 0.29) is 5.75 Å². The van der Waals surface area contributed by atoms with Crippen LogP contribution in [-0.2, 0) is 18.8 Å². The summed E-state index contributed by atoms with van der Waals surface area (Å²) < 4.78 is 29.5. The van der Waals surface area contributed by atoms with E-state index < -0.39 is 5.76 Å². The molecule has 2 rings (SSSR count). The zero-order valence-corrected chi connectivity index (χ0v) is 11.3. The number of nitrogens with one attached hydrogen (secondary N) is 2. The Kier molecular flexibility index (Phi) is 4.98. The largest absolute Gasteiger partial charge is 0.464 e. The standard InChI is InChI=1S/C12H15F2N3OS/c1-8-9(5-16-17-8)4-15-6-10-2-3-11(18-10)7-19-12(13)14/h2-3,5,12,15H,4,6-7H2,1H3,(H,16,17). The van der Waals surface area contributed by atoms with Gasteiger partial charge in [0.05, 0.1) is 18.5 Å². The van der Waals surface area contributed by atoms with E-state index in [0.29, 0.717) is 30.6 Å². The summed E-state index contributed by atoms with van der Waals surface area (Å²) in [7, 11) is 0. The molecule has 0 aliphatic carbocycles. The van der Waals surface area contributed by atoms with Crippen molar-refractivity contribution in [2.24, 2.45) is 0 Å². The van der Waals surface area contributed by atoms with Gasteiger partial charge in [-0.1, -0.05) is 11.8 Å². The van der Waals surface area contributed by atoms with Crippen LogP contribution < -0.4 is 5.32 Å². The Morgan fingerprint density at radius 1 is 1.37 bits per heavy atom. The van der Waals surface area contributed by atoms with Gasteiger partial charge in [-0.15, -0.1) is 0 Å². The number of aromatic nitrogens is 2. The number of nitrogens with zero attached hydrogens (tertiary/aromatic N) is 1. The number of hydrogen-bond donors (Lipinski definition) is 2. The number of rotatable bonds is 7. The molecule has 104 valence electrons. The first-order valence-electron chi connectivity index (χ1n) is 5.82. The number of hydrogen-bond acceptors (Lipinski definition) is 4. The van der Waals surface area contributed by atoms with E-state index in [4.69, 9.17) is 4.42 Å². The fraction of sp³-hybridized carbons (Fsp3) is 0.417. The topological polar surface area (TPSA) is 53.9 Å². The van der Waals surface area contributed by atoms with Gasteiger partial charge in [-0.25, -0.2) is 0 Å². The molecule has 0 fully saturated rings. The summed E-state index contributed by atoms with van der Waals surface area (Å²) in [4.78, 5) is 0. The van der Waals surface area contributed by atoms with Crippen molar-refractivity contribution in [1.82, 2.24) is 15.5 Å². The molecule has 2 heterocycles. The number of thioether (sulfide) groups is 1. The molecule has 2 N–H and O–H groups in total. The van der Waals surface area contributed by atoms with Crippen molar-refractivity contribution in [1.29, 1.82) is 0 Å². The molecule has 7 heteroatoms. The Morgan fingerprint density at radius 2 is 2.16 bits per heavy atom. The van der Waals surface area contributed by atoms with Crippen LogP contribution in [-0.4, -0.2) is 16.0 Å². The fourth-order valence-corrected chi connectivity index (χ4v) is 2.06. The van der Waals surface area contributed by atoms with Gasteiger partial charge in [-0.2, -0.15) is 13.9 Å². The first-order chi connectivity index (χ1) is 9.15. The van der Waals surface area contributed by atoms with Gasteiger partial charge < -0.3 is 9.73 Å². The molecule has 2 aromatic heterocycles. The molecule has 0 atom stereocenters. The molecule has 2 aromatic rings. The van der Waals surface area contributed by atoms with Gasteiger partial charge >= 0.3 is 0 Å². The van der Waals surface area contributed by atoms with Crippen LogP contribution in [0.5, 0.6) is 0 Å². The first kappa shape index (κ1) is 14.1. The van der Waals surface area contributed by atoms with Gasteiger partial charge in [0.15, 0.2) is 0 Å². The summed E-state index contributed by atoms with van der Waals surface area (Å²) in [5, 5.41) is 10.0. The van der Waals surface area contributed by atoms with Gasteiger partial charge in [0.25, 0.3) is 5.76 Å². The maximum absolute atomic E-state index is 12.0. The van der Waals surface area contributed by atoms with E-state index in [1.54, 1.807) is 18.3 Å². The third kappa shape index (κ3) is 4.36. The third-order valence-electron chi connectivity index (χ3n) is 2.62. The highest BCUT2D eigenvalue weighted by Crippen LogP contribution is 2.21. The van der Waals surface area contributed by atoms with Crippen LogP contribution in [0.2, 0.25) is 0 Å². The van der Waals surface area contributed by atoms with Gasteiger partial charge in [0.2, 0.25) is 0 Å². The van der Waals surface area contributed by atoms with Crippen molar-refractivity contribution in [2.45, 2.75) is 31.5 Å². The molecule has 19 heavy (non-hydrogen) atoms. The monoisotopic (exact) mass is 287 g/mol. The van der Waals surface area contributed by atoms with Crippen LogP contribution in [0.15, 0.2) is 22.7 Å². The van der Waals surface area contributed by atoms with E-state index in [9.17, 15) is 8.78 Å². The Morgan fingerprint density at radius 3 is 2.84 bits per heavy atom. The summed E-state index contributed by atoms with van der Waals surface area (Å²) >= 11 is 0.562. The van der Waals surface area contributed by atoms with Gasteiger partial charge in [0, 0.05) is 17.8 Å². The SMILES string of the molecule is Cc1[nH]ncc1CNCc1ccc(CSC(F)F)o1. The maximum Gasteiger partial charge on any atom is 0.284 e. The zero-order valence-electron chi connectivity index (χ0n) is 10.5. The average Bonchev–Trinajstić information content (AvgIpc) is 2.97. The van der Waals surface area contributed by atoms with Crippen molar-refractivity contribution in [2.75, 3.05) is 0 Å². The predicted molar refractivity (Wildman–Crippen MR) is 69.9 cm³/mol. The summed E-state index contributed by atoms with van der Waals surface area (Å²) in [5.41, 5.74) is 2.13. The minimum absolute atomic E-state index is 0.193. The third-order valence-corrected chi connectivity index (χ3v) is 3.32. The van der Waals surface area contributed by atoms with Crippen LogP contribution >= 0.6 is 11.8 Å². The van der Waals surface area contributed by atoms with E-state index in [1.807, 2.05) is 6.92 Å². The normalized spacial score (nSPS) is 11.4. The van der Waals surface area contributed by atoms with Gasteiger partial charge in [-0.05, 0) is 19.1 Å². The summed E-state index contributed by atoms with van der Waals surface area (Å²) in [5.74, 6) is -0.859. The lowest BCUT2D eigenvalue weighted by molar-refractivity contribution is 0.251. The summed E-state index contributed by atoms with van der Waals surface area (Å²) in [6.07, 6.45) is 1.77. The maximum atomic E-state index is 12.0. The second-order valence-corrected chi connectivity index (χ2v) is 5.04. The predicted octanol–water partition coefficient (Wildman–Crippen LogP) is 3.06. The fourth-order valence-electron chi connectivity index (χ4n) is 1.61. The van der Waals surface area contributed by atoms with Crippen LogP contribution in [0, 0.1) is 6.92 Å². The molecule has 0 aromatic carbocycles. The molecule has 0 spiro atoms. The molecular weight excluding hydrogens is 272 g/mol. The van der Waals surface area contributed by atoms with Crippen LogP contribution in [0.3, 0.4) is 0 Å². The quantitative estimate of drug-likeness (QED) is 0.822. The summed E-state index contributed by atoms with van der Waals surface area (Å²) in [6.45, 7) is 3.20. The second-order valence-electron chi connectivity index (χ2n) is 4.06. The van der Waals surface area contributed by atoms with Crippen LogP contribution in [0.4, 0.5) is 8.78 Å². The highest BCUT2D eigenvalue weighted by molar-refractivity contribution is 7.98. The van der Waals surface area contributed by atoms with E-state index in [2.05, 4.69) is 15.5 Å². The highest BCUT2D eigenvalue weighted by Gasteiger charge is 2.07. The van der Waals surface area contributed by atoms with Crippen molar-refractivity contribution in [3.63, 3.8) is 0 Å². The molecule has 0 bridgehead atoms. The number of aryl methyl sites for hydroxylation is 1. The number of alkyl halides is 2. The number of furan rings is 1. The lowest BCUT2D eigenvalue weighted by Crippen LogP contribution is -2.12. The lowest BCUT2D eigenvalue weighted by Gasteiger charge is -2.01. The number of aromatic amines is 1. The molecule has 4 nitrogen and oxygen atoms in total. The second kappa shape index (κ2) is 6.72. The highest BCUT2D eigenvalue weighted by atomic mass is 32.2. The smallest absolute Gasteiger partial charge is 0.284 e. The Balaban J connectivity index is 1.76. The molecular formula is C12H15F2N3OS. The lowest BCUT2D eigenvalue weighted by atomic mass is 10.2. The average molecular weight is 287 g/mol. The van der Waals surface area contributed by atoms with Crippen molar-refractivity contribution >= 4 is 11.8 Å². The zero-order chi connectivity index (χ0) is 13.7. The van der Waals surface area contributed by atoms with Gasteiger partial charge in [-0.3, -0.25) is 5.10 Å². The molecule has 0 aliphatic heterocycles. The first-order valence-corrected chi connectivity index (χ1v) is 6.87. The van der Waals surface area contributed by atoms with E-state index in [0.717, 1.165) is 17.0 Å². The summed E-state index contributed by atoms with van der Waals surface area (Å²) in [6, 6.07) is 3.53. The number of H-pyrrole nitrogens is 1. The minimum atomic E-state index is -2.37. The van der Waals surface area contributed by atoms with Crippen molar-refractivity contribution in [3.05, 3.63) is 41.1 Å². The van der Waals surface area contributed by atoms with Crippen molar-refractivity contribution in [3.8, 4) is 0 Å². The van der Waals surface area contributed by atoms with Crippen molar-refractivity contribution < 1.29 is 13.2 Å².